The highest BCUT2D eigenvalue weighted by Gasteiger charge is 2.35. The van der Waals surface area contributed by atoms with E-state index in [1.165, 1.54) is 38.5 Å². The number of unbranched alkanes of at least 4 members (excludes halogenated alkanes) is 10. The Hall–Kier alpha value is -1.60. The second kappa shape index (κ2) is 17.1. The predicted octanol–water partition coefficient (Wildman–Crippen LogP) is 6.48. The third-order valence-electron chi connectivity index (χ3n) is 5.67. The van der Waals surface area contributed by atoms with E-state index in [1.54, 1.807) is 6.08 Å². The molecule has 30 heavy (non-hydrogen) atoms. The molecule has 1 N–H and O–H groups in total. The number of carboxylic acids is 1. The second-order valence-electron chi connectivity index (χ2n) is 8.42. The molecule has 0 amide bonds. The van der Waals surface area contributed by atoms with Crippen LogP contribution in [0.5, 0.6) is 0 Å². The van der Waals surface area contributed by atoms with Crippen LogP contribution >= 0.6 is 0 Å². The third-order valence-corrected chi connectivity index (χ3v) is 5.67. The molecule has 1 aliphatic carbocycles. The minimum Gasteiger partial charge on any atom is -0.481 e. The van der Waals surface area contributed by atoms with Crippen molar-refractivity contribution in [2.75, 3.05) is 6.61 Å². The Balaban J connectivity index is 2.55. The molecule has 0 saturated carbocycles. The highest BCUT2D eigenvalue weighted by Crippen LogP contribution is 2.30. The van der Waals surface area contributed by atoms with Gasteiger partial charge in [-0.3, -0.25) is 9.59 Å². The van der Waals surface area contributed by atoms with Gasteiger partial charge in [0.25, 0.3) is 0 Å². The van der Waals surface area contributed by atoms with Gasteiger partial charge in [0, 0.05) is 25.0 Å². The molecule has 0 aromatic rings. The first-order valence-corrected chi connectivity index (χ1v) is 12.2. The number of allylic oxidation sites excluding steroid dienone is 1. The lowest BCUT2D eigenvalue weighted by atomic mass is 9.93. The van der Waals surface area contributed by atoms with E-state index in [9.17, 15) is 9.59 Å². The van der Waals surface area contributed by atoms with Crippen molar-refractivity contribution in [1.29, 1.82) is 0 Å². The topological polar surface area (TPSA) is 63.6 Å². The van der Waals surface area contributed by atoms with Crippen LogP contribution in [0, 0.1) is 17.8 Å². The van der Waals surface area contributed by atoms with Crippen LogP contribution in [0.25, 0.3) is 0 Å². The van der Waals surface area contributed by atoms with Crippen LogP contribution in [-0.4, -0.2) is 29.6 Å². The van der Waals surface area contributed by atoms with Crippen molar-refractivity contribution < 1.29 is 19.4 Å². The number of ether oxygens (including phenoxy) is 1. The van der Waals surface area contributed by atoms with Crippen LogP contribution in [0.2, 0.25) is 0 Å². The van der Waals surface area contributed by atoms with Crippen LogP contribution < -0.4 is 0 Å². The van der Waals surface area contributed by atoms with Crippen molar-refractivity contribution in [1.82, 2.24) is 0 Å². The van der Waals surface area contributed by atoms with Crippen LogP contribution in [-0.2, 0) is 14.3 Å². The normalized spacial score (nSPS) is 18.2. The van der Waals surface area contributed by atoms with E-state index in [1.807, 2.05) is 0 Å². The molecule has 0 fully saturated rings. The van der Waals surface area contributed by atoms with Crippen LogP contribution in [0.3, 0.4) is 0 Å². The van der Waals surface area contributed by atoms with Gasteiger partial charge in [0.2, 0.25) is 0 Å². The van der Waals surface area contributed by atoms with Gasteiger partial charge in [0.15, 0.2) is 5.78 Å². The van der Waals surface area contributed by atoms with Crippen molar-refractivity contribution in [2.45, 2.75) is 116 Å². The lowest BCUT2D eigenvalue weighted by molar-refractivity contribution is -0.137. The number of hydrogen-bond donors (Lipinski definition) is 1. The fraction of sp³-hybridized carbons (Fsp3) is 0.769. The third kappa shape index (κ3) is 11.6. The molecular formula is C26H42O4. The SMILES string of the molecule is CCCCCCC#CC1=CC(=O)[C@H](CCCCCCC)[C@@H]1OCCCCCC(=O)O. The summed E-state index contributed by atoms with van der Waals surface area (Å²) in [6, 6.07) is 0. The number of ketones is 1. The number of aliphatic carboxylic acids is 1. The quantitative estimate of drug-likeness (QED) is 0.217. The maximum atomic E-state index is 12.6. The van der Waals surface area contributed by atoms with Gasteiger partial charge >= 0.3 is 5.97 Å². The summed E-state index contributed by atoms with van der Waals surface area (Å²) < 4.78 is 6.14. The number of carboxylic acid groups (broad SMARTS) is 1. The smallest absolute Gasteiger partial charge is 0.303 e. The Kier molecular flexibility index (Phi) is 15.1. The van der Waals surface area contributed by atoms with Crippen molar-refractivity contribution in [3.8, 4) is 11.8 Å². The number of rotatable bonds is 17. The summed E-state index contributed by atoms with van der Waals surface area (Å²) in [5.74, 6) is 5.79. The monoisotopic (exact) mass is 418 g/mol. The summed E-state index contributed by atoms with van der Waals surface area (Å²) in [6.07, 6.45) is 16.5. The lowest BCUT2D eigenvalue weighted by Gasteiger charge is -2.21. The van der Waals surface area contributed by atoms with Gasteiger partial charge in [-0.05, 0) is 31.8 Å². The van der Waals surface area contributed by atoms with Crippen molar-refractivity contribution >= 4 is 11.8 Å². The van der Waals surface area contributed by atoms with E-state index in [4.69, 9.17) is 9.84 Å². The largest absolute Gasteiger partial charge is 0.481 e. The van der Waals surface area contributed by atoms with Crippen LogP contribution in [0.1, 0.15) is 110 Å². The first kappa shape index (κ1) is 26.4. The minimum atomic E-state index is -0.750. The summed E-state index contributed by atoms with van der Waals surface area (Å²) >= 11 is 0. The van der Waals surface area contributed by atoms with E-state index in [2.05, 4.69) is 25.7 Å². The van der Waals surface area contributed by atoms with Gasteiger partial charge in [0.05, 0.1) is 5.92 Å². The van der Waals surface area contributed by atoms with Gasteiger partial charge in [-0.1, -0.05) is 83.5 Å². The number of hydrogen-bond acceptors (Lipinski definition) is 3. The molecule has 170 valence electrons. The Labute approximate surface area is 183 Å². The van der Waals surface area contributed by atoms with Gasteiger partial charge in [0.1, 0.15) is 6.10 Å². The standard InChI is InChI=1S/C26H42O4/c1-3-5-7-9-11-13-17-22-21-24(27)23(18-14-10-8-6-4-2)26(22)30-20-16-12-15-19-25(28)29/h21,23,26H,3-12,14-16,18-20H2,1-2H3,(H,28,29)/t23-,26+/m0/s1. The van der Waals surface area contributed by atoms with E-state index in [-0.39, 0.29) is 24.2 Å². The summed E-state index contributed by atoms with van der Waals surface area (Å²) in [5.41, 5.74) is 0.847. The highest BCUT2D eigenvalue weighted by molar-refractivity contribution is 5.97. The van der Waals surface area contributed by atoms with Gasteiger partial charge in [-0.25, -0.2) is 0 Å². The maximum absolute atomic E-state index is 12.6. The maximum Gasteiger partial charge on any atom is 0.303 e. The molecule has 0 radical (unpaired) electrons. The summed E-state index contributed by atoms with van der Waals surface area (Å²) in [5, 5.41) is 8.74. The zero-order valence-corrected chi connectivity index (χ0v) is 19.2. The van der Waals surface area contributed by atoms with Gasteiger partial charge < -0.3 is 9.84 Å². The van der Waals surface area contributed by atoms with Crippen LogP contribution in [0.4, 0.5) is 0 Å². The molecular weight excluding hydrogens is 376 g/mol. The van der Waals surface area contributed by atoms with E-state index in [0.29, 0.717) is 13.0 Å². The molecule has 2 atom stereocenters. The number of carbonyl (C=O) groups excluding carboxylic acids is 1. The predicted molar refractivity (Wildman–Crippen MR) is 122 cm³/mol. The second-order valence-corrected chi connectivity index (χ2v) is 8.42. The summed E-state index contributed by atoms with van der Waals surface area (Å²) in [6.45, 7) is 4.96. The average molecular weight is 419 g/mol. The average Bonchev–Trinajstić information content (AvgIpc) is 3.01. The minimum absolute atomic E-state index is 0.102. The van der Waals surface area contributed by atoms with E-state index < -0.39 is 5.97 Å². The molecule has 0 aromatic heterocycles. The van der Waals surface area contributed by atoms with Crippen molar-refractivity contribution in [3.63, 3.8) is 0 Å². The molecule has 4 nitrogen and oxygen atoms in total. The Morgan fingerprint density at radius 2 is 1.63 bits per heavy atom. The van der Waals surface area contributed by atoms with E-state index >= 15 is 0 Å². The molecule has 0 bridgehead atoms. The highest BCUT2D eigenvalue weighted by atomic mass is 16.5. The molecule has 1 aliphatic rings. The molecule has 4 heteroatoms. The molecule has 0 aromatic carbocycles. The van der Waals surface area contributed by atoms with Crippen molar-refractivity contribution in [2.24, 2.45) is 5.92 Å². The van der Waals surface area contributed by atoms with E-state index in [0.717, 1.165) is 50.5 Å². The molecule has 0 spiro atoms. The zero-order chi connectivity index (χ0) is 22.0. The van der Waals surface area contributed by atoms with Gasteiger partial charge in [-0.2, -0.15) is 0 Å². The first-order chi connectivity index (χ1) is 14.6. The molecule has 0 aliphatic heterocycles. The summed E-state index contributed by atoms with van der Waals surface area (Å²) in [7, 11) is 0. The van der Waals surface area contributed by atoms with Crippen molar-refractivity contribution in [3.05, 3.63) is 11.6 Å². The van der Waals surface area contributed by atoms with Gasteiger partial charge in [-0.15, -0.1) is 0 Å². The number of carbonyl (C=O) groups is 2. The first-order valence-electron chi connectivity index (χ1n) is 12.2. The molecule has 0 heterocycles. The molecule has 0 saturated heterocycles. The Morgan fingerprint density at radius 1 is 0.967 bits per heavy atom. The Bertz CT molecular complexity index is 582. The fourth-order valence-electron chi connectivity index (χ4n) is 3.85. The lowest BCUT2D eigenvalue weighted by Crippen LogP contribution is -2.26. The molecule has 0 unspecified atom stereocenters. The Morgan fingerprint density at radius 3 is 2.33 bits per heavy atom. The van der Waals surface area contributed by atoms with Crippen LogP contribution in [0.15, 0.2) is 11.6 Å². The summed E-state index contributed by atoms with van der Waals surface area (Å²) in [4.78, 5) is 23.2. The zero-order valence-electron chi connectivity index (χ0n) is 19.2. The molecule has 1 rings (SSSR count). The fourth-order valence-corrected chi connectivity index (χ4v) is 3.85.